The van der Waals surface area contributed by atoms with Gasteiger partial charge >= 0.3 is 6.18 Å². The second-order valence-electron chi connectivity index (χ2n) is 4.48. The fourth-order valence-electron chi connectivity index (χ4n) is 2.15. The van der Waals surface area contributed by atoms with Crippen LogP contribution in [0, 0.1) is 17.2 Å². The minimum Gasteiger partial charge on any atom is -0.312 e. The first kappa shape index (κ1) is 17.0. The zero-order valence-corrected chi connectivity index (χ0v) is 11.9. The van der Waals surface area contributed by atoms with Gasteiger partial charge in [0.1, 0.15) is 0 Å². The van der Waals surface area contributed by atoms with Gasteiger partial charge in [-0.3, -0.25) is 4.79 Å². The number of nitrogens with zero attached hydrogens (tertiary/aromatic N) is 2. The first-order valence-electron chi connectivity index (χ1n) is 6.76. The Hall–Kier alpha value is -2.03. The van der Waals surface area contributed by atoms with Gasteiger partial charge in [-0.25, -0.2) is 0 Å². The Morgan fingerprint density at radius 1 is 1.38 bits per heavy atom. The normalized spacial score (nSPS) is 18.0. The van der Waals surface area contributed by atoms with Crippen LogP contribution in [0.3, 0.4) is 0 Å². The molecule has 0 aromatic heterocycles. The van der Waals surface area contributed by atoms with Gasteiger partial charge in [0.2, 0.25) is 5.91 Å². The molecule has 1 aromatic carbocycles. The summed E-state index contributed by atoms with van der Waals surface area (Å²) in [5.41, 5.74) is -0.540. The number of amides is 1. The molecule has 0 radical (unpaired) electrons. The lowest BCUT2D eigenvalue weighted by Gasteiger charge is -2.18. The summed E-state index contributed by atoms with van der Waals surface area (Å²) in [7, 11) is 0. The van der Waals surface area contributed by atoms with Crippen molar-refractivity contribution >= 4 is 11.6 Å². The number of hydrogen-bond acceptors (Lipinski definition) is 2. The Labute approximate surface area is 122 Å². The Balaban J connectivity index is 0.00000106. The maximum atomic E-state index is 12.6. The largest absolute Gasteiger partial charge is 0.416 e. The molecule has 0 spiro atoms. The van der Waals surface area contributed by atoms with Crippen LogP contribution in [-0.4, -0.2) is 12.5 Å². The van der Waals surface area contributed by atoms with Crippen LogP contribution in [0.15, 0.2) is 24.3 Å². The maximum absolute atomic E-state index is 12.6. The number of carbonyl (C=O) groups excluding carboxylic acids is 1. The number of alkyl halides is 3. The molecule has 1 aliphatic heterocycles. The van der Waals surface area contributed by atoms with Gasteiger partial charge in [0.15, 0.2) is 0 Å². The summed E-state index contributed by atoms with van der Waals surface area (Å²) in [5.74, 6) is -0.341. The van der Waals surface area contributed by atoms with Gasteiger partial charge in [0, 0.05) is 25.1 Å². The highest BCUT2D eigenvalue weighted by Crippen LogP contribution is 2.33. The SMILES string of the molecule is CC.N#CCC1CC(=O)N(c2cccc(C(F)(F)F)c2)C1. The van der Waals surface area contributed by atoms with Crippen molar-refractivity contribution in [2.45, 2.75) is 32.9 Å². The van der Waals surface area contributed by atoms with Crippen molar-refractivity contribution in [2.24, 2.45) is 5.92 Å². The molecule has 1 aliphatic rings. The highest BCUT2D eigenvalue weighted by Gasteiger charge is 2.34. The summed E-state index contributed by atoms with van der Waals surface area (Å²) in [6.45, 7) is 4.30. The van der Waals surface area contributed by atoms with Gasteiger partial charge in [-0.15, -0.1) is 0 Å². The fraction of sp³-hybridized carbons (Fsp3) is 0.467. The second kappa shape index (κ2) is 7.11. The minimum absolute atomic E-state index is 0.105. The molecule has 1 saturated heterocycles. The van der Waals surface area contributed by atoms with Gasteiger partial charge in [-0.2, -0.15) is 18.4 Å². The molecule has 6 heteroatoms. The number of rotatable bonds is 2. The van der Waals surface area contributed by atoms with E-state index in [0.717, 1.165) is 12.1 Å². The van der Waals surface area contributed by atoms with Crippen molar-refractivity contribution in [3.05, 3.63) is 29.8 Å². The van der Waals surface area contributed by atoms with Gasteiger partial charge < -0.3 is 4.90 Å². The van der Waals surface area contributed by atoms with E-state index in [1.54, 1.807) is 0 Å². The monoisotopic (exact) mass is 298 g/mol. The maximum Gasteiger partial charge on any atom is 0.416 e. The predicted octanol–water partition coefficient (Wildman–Crippen LogP) is 4.00. The summed E-state index contributed by atoms with van der Waals surface area (Å²) in [6.07, 6.45) is -3.98. The molecule has 1 aromatic rings. The molecule has 1 amide bonds. The lowest BCUT2D eigenvalue weighted by Crippen LogP contribution is -2.24. The third-order valence-corrected chi connectivity index (χ3v) is 3.07. The Morgan fingerprint density at radius 2 is 2.05 bits per heavy atom. The second-order valence-corrected chi connectivity index (χ2v) is 4.48. The van der Waals surface area contributed by atoms with Gasteiger partial charge in [0.25, 0.3) is 0 Å². The zero-order valence-electron chi connectivity index (χ0n) is 11.9. The van der Waals surface area contributed by atoms with Gasteiger partial charge in [0.05, 0.1) is 11.6 Å². The number of hydrogen-bond donors (Lipinski definition) is 0. The highest BCUT2D eigenvalue weighted by molar-refractivity contribution is 5.95. The number of carbonyl (C=O) groups is 1. The van der Waals surface area contributed by atoms with Crippen molar-refractivity contribution in [3.63, 3.8) is 0 Å². The topological polar surface area (TPSA) is 44.1 Å². The molecule has 114 valence electrons. The lowest BCUT2D eigenvalue weighted by molar-refractivity contribution is -0.137. The molecular formula is C15H17F3N2O. The molecule has 0 aliphatic carbocycles. The molecule has 0 bridgehead atoms. The van der Waals surface area contributed by atoms with Gasteiger partial charge in [-0.1, -0.05) is 19.9 Å². The fourth-order valence-corrected chi connectivity index (χ4v) is 2.15. The minimum atomic E-state index is -4.43. The van der Waals surface area contributed by atoms with E-state index in [1.165, 1.54) is 17.0 Å². The van der Waals surface area contributed by atoms with E-state index < -0.39 is 11.7 Å². The summed E-state index contributed by atoms with van der Waals surface area (Å²) in [4.78, 5) is 13.1. The van der Waals surface area contributed by atoms with E-state index in [0.29, 0.717) is 6.54 Å². The van der Waals surface area contributed by atoms with Crippen molar-refractivity contribution in [1.29, 1.82) is 5.26 Å². The lowest BCUT2D eigenvalue weighted by atomic mass is 10.1. The van der Waals surface area contributed by atoms with Gasteiger partial charge in [-0.05, 0) is 24.1 Å². The first-order chi connectivity index (χ1) is 9.91. The van der Waals surface area contributed by atoms with Crippen molar-refractivity contribution < 1.29 is 18.0 Å². The van der Waals surface area contributed by atoms with Crippen molar-refractivity contribution in [3.8, 4) is 6.07 Å². The average Bonchev–Trinajstić information content (AvgIpc) is 2.82. The Kier molecular flexibility index (Phi) is 5.77. The predicted molar refractivity (Wildman–Crippen MR) is 73.5 cm³/mol. The van der Waals surface area contributed by atoms with Crippen LogP contribution in [0.5, 0.6) is 0 Å². The third-order valence-electron chi connectivity index (χ3n) is 3.07. The third kappa shape index (κ3) is 4.22. The molecule has 21 heavy (non-hydrogen) atoms. The van der Waals surface area contributed by atoms with Crippen LogP contribution in [0.1, 0.15) is 32.3 Å². The first-order valence-corrected chi connectivity index (χ1v) is 6.76. The summed E-state index contributed by atoms with van der Waals surface area (Å²) in [5, 5.41) is 8.59. The molecule has 1 heterocycles. The molecule has 1 atom stereocenters. The van der Waals surface area contributed by atoms with E-state index in [-0.39, 0.29) is 30.4 Å². The van der Waals surface area contributed by atoms with Crippen molar-refractivity contribution in [2.75, 3.05) is 11.4 Å². The van der Waals surface area contributed by atoms with Crippen LogP contribution >= 0.6 is 0 Å². The number of halogens is 3. The van der Waals surface area contributed by atoms with Crippen LogP contribution in [0.4, 0.5) is 18.9 Å². The van der Waals surface area contributed by atoms with E-state index in [9.17, 15) is 18.0 Å². The van der Waals surface area contributed by atoms with Crippen LogP contribution in [0.25, 0.3) is 0 Å². The zero-order chi connectivity index (χ0) is 16.0. The Bertz CT molecular complexity index is 534. The van der Waals surface area contributed by atoms with Crippen LogP contribution in [-0.2, 0) is 11.0 Å². The summed E-state index contributed by atoms with van der Waals surface area (Å²) >= 11 is 0. The number of nitriles is 1. The average molecular weight is 298 g/mol. The van der Waals surface area contributed by atoms with Crippen molar-refractivity contribution in [1.82, 2.24) is 0 Å². The smallest absolute Gasteiger partial charge is 0.312 e. The molecule has 1 unspecified atom stereocenters. The Morgan fingerprint density at radius 3 is 2.62 bits per heavy atom. The molecule has 0 N–H and O–H groups in total. The highest BCUT2D eigenvalue weighted by atomic mass is 19.4. The molecule has 3 nitrogen and oxygen atoms in total. The summed E-state index contributed by atoms with van der Waals surface area (Å²) < 4.78 is 37.8. The number of benzene rings is 1. The van der Waals surface area contributed by atoms with E-state index >= 15 is 0 Å². The van der Waals surface area contributed by atoms with Crippen LogP contribution in [0.2, 0.25) is 0 Å². The molecule has 1 fully saturated rings. The van der Waals surface area contributed by atoms with E-state index in [4.69, 9.17) is 5.26 Å². The summed E-state index contributed by atoms with van der Waals surface area (Å²) in [6, 6.07) is 6.67. The quantitative estimate of drug-likeness (QED) is 0.828. The van der Waals surface area contributed by atoms with E-state index in [2.05, 4.69) is 0 Å². The molecule has 2 rings (SSSR count). The van der Waals surface area contributed by atoms with E-state index in [1.807, 2.05) is 19.9 Å². The standard InChI is InChI=1S/C13H11F3N2O.C2H6/c14-13(15,16)10-2-1-3-11(7-10)18-8-9(4-5-17)6-12(18)19;1-2/h1-3,7,9H,4,6,8H2;1-2H3. The number of anilines is 1. The molecule has 0 saturated carbocycles. The van der Waals surface area contributed by atoms with Crippen LogP contribution < -0.4 is 4.90 Å². The molecular weight excluding hydrogens is 281 g/mol.